The minimum Gasteiger partial charge on any atom is -0.497 e. The monoisotopic (exact) mass is 467 g/mol. The number of fused-ring (bicyclic) bond motifs is 3. The van der Waals surface area contributed by atoms with Crippen LogP contribution < -0.4 is 14.8 Å². The molecule has 35 heavy (non-hydrogen) atoms. The van der Waals surface area contributed by atoms with Crippen LogP contribution in [0.5, 0.6) is 11.5 Å². The lowest BCUT2D eigenvalue weighted by Gasteiger charge is -2.31. The summed E-state index contributed by atoms with van der Waals surface area (Å²) in [6.07, 6.45) is 2.06. The highest BCUT2D eigenvalue weighted by Gasteiger charge is 2.32. The summed E-state index contributed by atoms with van der Waals surface area (Å²) in [5, 5.41) is 3.13. The number of benzene rings is 3. The first kappa shape index (κ1) is 22.6. The lowest BCUT2D eigenvalue weighted by Crippen LogP contribution is -2.41. The molecule has 0 unspecified atom stereocenters. The molecule has 0 spiro atoms. The molecule has 6 nitrogen and oxygen atoms in total. The number of hydrogen-bond acceptors (Lipinski definition) is 3. The number of rotatable bonds is 6. The number of carbonyl (C=O) groups is 1. The van der Waals surface area contributed by atoms with Crippen LogP contribution in [-0.4, -0.2) is 29.2 Å². The van der Waals surface area contributed by atoms with Gasteiger partial charge in [0.15, 0.2) is 0 Å². The first-order valence-corrected chi connectivity index (χ1v) is 11.8. The minimum absolute atomic E-state index is 0.129. The predicted molar refractivity (Wildman–Crippen MR) is 136 cm³/mol. The average Bonchev–Trinajstić information content (AvgIpc) is 3.32. The van der Waals surface area contributed by atoms with Gasteiger partial charge in [-0.3, -0.25) is 0 Å². The van der Waals surface area contributed by atoms with E-state index < -0.39 is 0 Å². The second-order valence-corrected chi connectivity index (χ2v) is 8.47. The number of carbonyl (C=O) groups excluding carboxylic acids is 1. The second-order valence-electron chi connectivity index (χ2n) is 8.47. The maximum Gasteiger partial charge on any atom is 0.318 e. The summed E-state index contributed by atoms with van der Waals surface area (Å²) in [4.78, 5) is 15.6. The largest absolute Gasteiger partial charge is 0.497 e. The Bertz CT molecular complexity index is 1310. The molecule has 2 amide bonds. The van der Waals surface area contributed by atoms with Crippen molar-refractivity contribution >= 4 is 6.03 Å². The van der Waals surface area contributed by atoms with Gasteiger partial charge in [0.25, 0.3) is 0 Å². The smallest absolute Gasteiger partial charge is 0.318 e. The van der Waals surface area contributed by atoms with Crippen LogP contribution in [0.15, 0.2) is 91.1 Å². The molecule has 0 fully saturated rings. The van der Waals surface area contributed by atoms with Crippen molar-refractivity contribution in [3.05, 3.63) is 114 Å². The SMILES string of the molecule is CCOc1ccc([C@@H]2c3cccn3-c3ccccc3CN2C(=O)NCc2cccc(OC)c2)cc1. The summed E-state index contributed by atoms with van der Waals surface area (Å²) in [5.41, 5.74) is 5.23. The van der Waals surface area contributed by atoms with E-state index >= 15 is 0 Å². The van der Waals surface area contributed by atoms with Crippen molar-refractivity contribution in [3.8, 4) is 17.2 Å². The highest BCUT2D eigenvalue weighted by Crippen LogP contribution is 2.37. The van der Waals surface area contributed by atoms with Gasteiger partial charge in [-0.2, -0.15) is 0 Å². The highest BCUT2D eigenvalue weighted by atomic mass is 16.5. The molecule has 6 heteroatoms. The van der Waals surface area contributed by atoms with Crippen molar-refractivity contribution in [3.63, 3.8) is 0 Å². The Balaban J connectivity index is 1.51. The van der Waals surface area contributed by atoms with E-state index in [0.29, 0.717) is 19.7 Å². The molecule has 1 N–H and O–H groups in total. The van der Waals surface area contributed by atoms with E-state index in [-0.39, 0.29) is 12.1 Å². The molecular weight excluding hydrogens is 438 g/mol. The number of methoxy groups -OCH3 is 1. The zero-order chi connectivity index (χ0) is 24.2. The molecule has 1 aliphatic heterocycles. The van der Waals surface area contributed by atoms with E-state index in [2.05, 4.69) is 34.3 Å². The maximum absolute atomic E-state index is 13.7. The van der Waals surface area contributed by atoms with Crippen LogP contribution in [-0.2, 0) is 13.1 Å². The van der Waals surface area contributed by atoms with Crippen molar-refractivity contribution in [1.82, 2.24) is 14.8 Å². The molecule has 0 saturated carbocycles. The van der Waals surface area contributed by atoms with Crippen LogP contribution in [0.2, 0.25) is 0 Å². The highest BCUT2D eigenvalue weighted by molar-refractivity contribution is 5.76. The van der Waals surface area contributed by atoms with Crippen molar-refractivity contribution < 1.29 is 14.3 Å². The number of urea groups is 1. The summed E-state index contributed by atoms with van der Waals surface area (Å²) in [6, 6.07) is 27.7. The summed E-state index contributed by atoms with van der Waals surface area (Å²) in [7, 11) is 1.64. The van der Waals surface area contributed by atoms with Crippen LogP contribution in [0.25, 0.3) is 5.69 Å². The quantitative estimate of drug-likeness (QED) is 0.396. The van der Waals surface area contributed by atoms with Gasteiger partial charge in [-0.1, -0.05) is 42.5 Å². The first-order valence-electron chi connectivity index (χ1n) is 11.8. The number of hydrogen-bond donors (Lipinski definition) is 1. The number of nitrogens with one attached hydrogen (secondary N) is 1. The lowest BCUT2D eigenvalue weighted by molar-refractivity contribution is 0.180. The van der Waals surface area contributed by atoms with Crippen LogP contribution in [0.4, 0.5) is 4.79 Å². The Morgan fingerprint density at radius 3 is 2.60 bits per heavy atom. The third-order valence-corrected chi connectivity index (χ3v) is 6.31. The first-order chi connectivity index (χ1) is 17.2. The van der Waals surface area contributed by atoms with Crippen LogP contribution >= 0.6 is 0 Å². The zero-order valence-corrected chi connectivity index (χ0v) is 20.0. The number of nitrogens with zero attached hydrogens (tertiary/aromatic N) is 2. The fraction of sp³-hybridized carbons (Fsp3) is 0.207. The van der Waals surface area contributed by atoms with Crippen molar-refractivity contribution in [2.45, 2.75) is 26.1 Å². The molecule has 1 aromatic heterocycles. The van der Waals surface area contributed by atoms with E-state index in [9.17, 15) is 4.79 Å². The van der Waals surface area contributed by atoms with E-state index in [0.717, 1.165) is 39.6 Å². The second kappa shape index (κ2) is 9.97. The number of aromatic nitrogens is 1. The predicted octanol–water partition coefficient (Wildman–Crippen LogP) is 5.70. The van der Waals surface area contributed by atoms with E-state index in [4.69, 9.17) is 9.47 Å². The molecule has 0 aliphatic carbocycles. The van der Waals surface area contributed by atoms with E-state index in [1.807, 2.05) is 78.6 Å². The molecule has 3 aromatic carbocycles. The topological polar surface area (TPSA) is 55.7 Å². The lowest BCUT2D eigenvalue weighted by atomic mass is 10.0. The van der Waals surface area contributed by atoms with Crippen LogP contribution in [0.1, 0.15) is 35.3 Å². The number of amides is 2. The standard InChI is InChI=1S/C29H29N3O3/c1-3-35-24-15-13-22(14-16-24)28-27-12-7-17-31(27)26-11-5-4-9-23(26)20-32(28)29(33)30-19-21-8-6-10-25(18-21)34-2/h4-18,28H,3,19-20H2,1-2H3,(H,30,33)/t28-/m1/s1. The van der Waals surface area contributed by atoms with Crippen molar-refractivity contribution in [2.24, 2.45) is 0 Å². The Kier molecular flexibility index (Phi) is 6.44. The number of ether oxygens (including phenoxy) is 2. The van der Waals surface area contributed by atoms with Gasteiger partial charge in [-0.15, -0.1) is 0 Å². The molecular formula is C29H29N3O3. The fourth-order valence-corrected chi connectivity index (χ4v) is 4.66. The van der Waals surface area contributed by atoms with Gasteiger partial charge in [0, 0.05) is 18.4 Å². The molecule has 0 saturated heterocycles. The van der Waals surface area contributed by atoms with Crippen molar-refractivity contribution in [2.75, 3.05) is 13.7 Å². The van der Waals surface area contributed by atoms with E-state index in [1.165, 1.54) is 0 Å². The molecule has 1 aliphatic rings. The summed E-state index contributed by atoms with van der Waals surface area (Å²) in [6.45, 7) is 3.47. The fourth-order valence-electron chi connectivity index (χ4n) is 4.66. The van der Waals surface area contributed by atoms with Gasteiger partial charge in [0.2, 0.25) is 0 Å². The van der Waals surface area contributed by atoms with Gasteiger partial charge < -0.3 is 24.3 Å². The van der Waals surface area contributed by atoms with E-state index in [1.54, 1.807) is 7.11 Å². The zero-order valence-electron chi connectivity index (χ0n) is 20.0. The van der Waals surface area contributed by atoms with Crippen LogP contribution in [0, 0.1) is 0 Å². The Labute approximate surface area is 205 Å². The van der Waals surface area contributed by atoms with Gasteiger partial charge in [-0.25, -0.2) is 4.79 Å². The van der Waals surface area contributed by atoms with Crippen LogP contribution in [0.3, 0.4) is 0 Å². The summed E-state index contributed by atoms with van der Waals surface area (Å²) < 4.78 is 13.2. The molecule has 5 rings (SSSR count). The normalized spacial score (nSPS) is 14.5. The Hall–Kier alpha value is -4.19. The summed E-state index contributed by atoms with van der Waals surface area (Å²) >= 11 is 0. The molecule has 4 aromatic rings. The van der Waals surface area contributed by atoms with Gasteiger partial charge in [0.1, 0.15) is 11.5 Å². The molecule has 178 valence electrons. The molecule has 2 heterocycles. The summed E-state index contributed by atoms with van der Waals surface area (Å²) in [5.74, 6) is 1.59. The van der Waals surface area contributed by atoms with Gasteiger partial charge in [-0.05, 0) is 66.1 Å². The maximum atomic E-state index is 13.7. The molecule has 0 radical (unpaired) electrons. The minimum atomic E-state index is -0.265. The third kappa shape index (κ3) is 4.60. The average molecular weight is 468 g/mol. The molecule has 1 atom stereocenters. The van der Waals surface area contributed by atoms with Gasteiger partial charge >= 0.3 is 6.03 Å². The Morgan fingerprint density at radius 1 is 0.971 bits per heavy atom. The Morgan fingerprint density at radius 2 is 1.80 bits per heavy atom. The molecule has 0 bridgehead atoms. The van der Waals surface area contributed by atoms with Crippen molar-refractivity contribution in [1.29, 1.82) is 0 Å². The number of para-hydroxylation sites is 1. The van der Waals surface area contributed by atoms with Gasteiger partial charge in [0.05, 0.1) is 32.0 Å². The third-order valence-electron chi connectivity index (χ3n) is 6.31.